The van der Waals surface area contributed by atoms with Crippen molar-refractivity contribution in [2.45, 2.75) is 12.8 Å². The third-order valence-corrected chi connectivity index (χ3v) is 4.55. The van der Waals surface area contributed by atoms with Crippen molar-refractivity contribution in [3.05, 3.63) is 83.1 Å². The number of carbonyl (C=O) groups is 1. The van der Waals surface area contributed by atoms with Crippen molar-refractivity contribution >= 4 is 28.3 Å². The van der Waals surface area contributed by atoms with Gasteiger partial charge >= 0.3 is 0 Å². The molecule has 128 valence electrons. The number of benzene rings is 2. The Morgan fingerprint density at radius 3 is 2.81 bits per heavy atom. The van der Waals surface area contributed by atoms with Gasteiger partial charge in [0.1, 0.15) is 0 Å². The first-order valence-corrected chi connectivity index (χ1v) is 8.44. The largest absolute Gasteiger partial charge is 0.370 e. The molecule has 0 saturated carbocycles. The van der Waals surface area contributed by atoms with Gasteiger partial charge in [-0.05, 0) is 65.4 Å². The SMILES string of the molecule is NC(N)=NC(=O)c1ccc2c(c1)C(c1ccc3ncccc3c1)=CCC2. The van der Waals surface area contributed by atoms with E-state index < -0.39 is 5.91 Å². The summed E-state index contributed by atoms with van der Waals surface area (Å²) in [5.41, 5.74) is 16.6. The van der Waals surface area contributed by atoms with E-state index in [4.69, 9.17) is 11.5 Å². The lowest BCUT2D eigenvalue weighted by Gasteiger charge is -2.19. The van der Waals surface area contributed by atoms with Crippen LogP contribution in [-0.2, 0) is 6.42 Å². The van der Waals surface area contributed by atoms with Gasteiger partial charge in [-0.1, -0.05) is 24.3 Å². The number of aromatic nitrogens is 1. The fourth-order valence-corrected chi connectivity index (χ4v) is 3.36. The highest BCUT2D eigenvalue weighted by Crippen LogP contribution is 2.33. The summed E-state index contributed by atoms with van der Waals surface area (Å²) in [5.74, 6) is -0.661. The van der Waals surface area contributed by atoms with E-state index in [0.717, 1.165) is 40.4 Å². The first kappa shape index (κ1) is 16.0. The number of nitrogens with two attached hydrogens (primary N) is 2. The van der Waals surface area contributed by atoms with E-state index >= 15 is 0 Å². The number of aliphatic imine (C=N–C) groups is 1. The van der Waals surface area contributed by atoms with Crippen LogP contribution >= 0.6 is 0 Å². The molecule has 0 saturated heterocycles. The minimum atomic E-state index is -0.430. The van der Waals surface area contributed by atoms with Gasteiger partial charge in [0, 0.05) is 17.1 Å². The average Bonchev–Trinajstić information content (AvgIpc) is 2.66. The van der Waals surface area contributed by atoms with E-state index in [2.05, 4.69) is 34.3 Å². The molecule has 0 spiro atoms. The molecular formula is C21H18N4O. The minimum Gasteiger partial charge on any atom is -0.370 e. The highest BCUT2D eigenvalue weighted by Gasteiger charge is 2.17. The maximum Gasteiger partial charge on any atom is 0.280 e. The number of amides is 1. The maximum atomic E-state index is 12.2. The highest BCUT2D eigenvalue weighted by molar-refractivity contribution is 6.03. The summed E-state index contributed by atoms with van der Waals surface area (Å²) in [6.07, 6.45) is 5.92. The summed E-state index contributed by atoms with van der Waals surface area (Å²) in [6.45, 7) is 0. The number of guanidine groups is 1. The summed E-state index contributed by atoms with van der Waals surface area (Å²) in [5, 5.41) is 1.09. The van der Waals surface area contributed by atoms with Gasteiger partial charge in [-0.3, -0.25) is 9.78 Å². The molecule has 0 radical (unpaired) electrons. The van der Waals surface area contributed by atoms with Crippen molar-refractivity contribution in [3.63, 3.8) is 0 Å². The number of fused-ring (bicyclic) bond motifs is 2. The average molecular weight is 342 g/mol. The van der Waals surface area contributed by atoms with Crippen molar-refractivity contribution in [3.8, 4) is 0 Å². The normalized spacial score (nSPS) is 13.0. The maximum absolute atomic E-state index is 12.2. The van der Waals surface area contributed by atoms with Crippen LogP contribution in [0.25, 0.3) is 16.5 Å². The van der Waals surface area contributed by atoms with Gasteiger partial charge in [0.05, 0.1) is 5.52 Å². The fraction of sp³-hybridized carbons (Fsp3) is 0.0952. The Balaban J connectivity index is 1.80. The molecule has 0 fully saturated rings. The molecule has 5 nitrogen and oxygen atoms in total. The first-order chi connectivity index (χ1) is 12.6. The van der Waals surface area contributed by atoms with Gasteiger partial charge in [0.15, 0.2) is 5.96 Å². The smallest absolute Gasteiger partial charge is 0.280 e. The Morgan fingerprint density at radius 2 is 1.96 bits per heavy atom. The molecule has 0 atom stereocenters. The van der Waals surface area contributed by atoms with Crippen LogP contribution in [0.15, 0.2) is 65.8 Å². The molecule has 0 aliphatic heterocycles. The molecule has 26 heavy (non-hydrogen) atoms. The third kappa shape index (κ3) is 2.95. The predicted octanol–water partition coefficient (Wildman–Crippen LogP) is 3.03. The Kier molecular flexibility index (Phi) is 3.97. The monoisotopic (exact) mass is 342 g/mol. The van der Waals surface area contributed by atoms with Gasteiger partial charge in [-0.2, -0.15) is 4.99 Å². The summed E-state index contributed by atoms with van der Waals surface area (Å²) in [4.78, 5) is 20.2. The van der Waals surface area contributed by atoms with Crippen LogP contribution in [0.4, 0.5) is 0 Å². The zero-order chi connectivity index (χ0) is 18.1. The van der Waals surface area contributed by atoms with E-state index in [9.17, 15) is 4.79 Å². The number of carbonyl (C=O) groups excluding carboxylic acids is 1. The molecule has 1 aromatic heterocycles. The molecule has 0 unspecified atom stereocenters. The zero-order valence-electron chi connectivity index (χ0n) is 14.1. The fourth-order valence-electron chi connectivity index (χ4n) is 3.36. The van der Waals surface area contributed by atoms with Crippen LogP contribution in [0.5, 0.6) is 0 Å². The molecule has 1 aliphatic carbocycles. The summed E-state index contributed by atoms with van der Waals surface area (Å²) in [6, 6.07) is 15.8. The number of rotatable bonds is 2. The quantitative estimate of drug-likeness (QED) is 0.553. The molecule has 5 heteroatoms. The molecule has 1 aliphatic rings. The van der Waals surface area contributed by atoms with Crippen molar-refractivity contribution in [2.24, 2.45) is 16.5 Å². The minimum absolute atomic E-state index is 0.231. The molecule has 4 rings (SSSR count). The summed E-state index contributed by atoms with van der Waals surface area (Å²) < 4.78 is 0. The Labute approximate surface area is 151 Å². The second kappa shape index (κ2) is 6.44. The Hall–Kier alpha value is -3.47. The third-order valence-electron chi connectivity index (χ3n) is 4.55. The van der Waals surface area contributed by atoms with Crippen LogP contribution in [0.1, 0.15) is 33.5 Å². The van der Waals surface area contributed by atoms with Crippen molar-refractivity contribution in [1.82, 2.24) is 4.98 Å². The van der Waals surface area contributed by atoms with Crippen LogP contribution in [0.2, 0.25) is 0 Å². The van der Waals surface area contributed by atoms with Crippen LogP contribution in [-0.4, -0.2) is 16.9 Å². The van der Waals surface area contributed by atoms with Crippen LogP contribution < -0.4 is 11.5 Å². The second-order valence-corrected chi connectivity index (χ2v) is 6.28. The van der Waals surface area contributed by atoms with Gasteiger partial charge < -0.3 is 11.5 Å². The van der Waals surface area contributed by atoms with Gasteiger partial charge in [0.25, 0.3) is 5.91 Å². The van der Waals surface area contributed by atoms with Gasteiger partial charge in [-0.15, -0.1) is 0 Å². The van der Waals surface area contributed by atoms with E-state index in [1.165, 1.54) is 5.56 Å². The molecule has 0 bridgehead atoms. The van der Waals surface area contributed by atoms with Crippen molar-refractivity contribution < 1.29 is 4.79 Å². The lowest BCUT2D eigenvalue weighted by Crippen LogP contribution is -2.24. The van der Waals surface area contributed by atoms with Crippen LogP contribution in [0.3, 0.4) is 0 Å². The van der Waals surface area contributed by atoms with E-state index in [1.54, 1.807) is 12.3 Å². The van der Waals surface area contributed by atoms with Gasteiger partial charge in [0.2, 0.25) is 0 Å². The number of aryl methyl sites for hydroxylation is 1. The predicted molar refractivity (Wildman–Crippen MR) is 104 cm³/mol. The lowest BCUT2D eigenvalue weighted by atomic mass is 9.85. The number of hydrogen-bond acceptors (Lipinski definition) is 2. The lowest BCUT2D eigenvalue weighted by molar-refractivity contribution is 0.100. The van der Waals surface area contributed by atoms with E-state index in [1.807, 2.05) is 24.3 Å². The van der Waals surface area contributed by atoms with Crippen LogP contribution in [0, 0.1) is 0 Å². The summed E-state index contributed by atoms with van der Waals surface area (Å²) in [7, 11) is 0. The molecule has 3 aromatic rings. The highest BCUT2D eigenvalue weighted by atomic mass is 16.1. The first-order valence-electron chi connectivity index (χ1n) is 8.44. The van der Waals surface area contributed by atoms with Crippen molar-refractivity contribution in [1.29, 1.82) is 0 Å². The molecular weight excluding hydrogens is 324 g/mol. The number of nitrogens with zero attached hydrogens (tertiary/aromatic N) is 2. The number of pyridine rings is 1. The van der Waals surface area contributed by atoms with Crippen molar-refractivity contribution in [2.75, 3.05) is 0 Å². The zero-order valence-corrected chi connectivity index (χ0v) is 14.1. The van der Waals surface area contributed by atoms with Gasteiger partial charge in [-0.25, -0.2) is 0 Å². The number of allylic oxidation sites excluding steroid dienone is 1. The number of hydrogen-bond donors (Lipinski definition) is 2. The molecule has 4 N–H and O–H groups in total. The molecule has 1 amide bonds. The van der Waals surface area contributed by atoms with E-state index in [-0.39, 0.29) is 5.96 Å². The second-order valence-electron chi connectivity index (χ2n) is 6.28. The summed E-state index contributed by atoms with van der Waals surface area (Å²) >= 11 is 0. The topological polar surface area (TPSA) is 94.4 Å². The Morgan fingerprint density at radius 1 is 1.08 bits per heavy atom. The Bertz CT molecular complexity index is 1080. The molecule has 1 heterocycles. The standard InChI is InChI=1S/C21H18N4O/c22-21(23)25-20(26)16-7-6-13-3-1-5-17(18(13)12-16)14-8-9-19-15(11-14)4-2-10-24-19/h2,4-12H,1,3H2,(H4,22,23,25,26). The molecule has 2 aromatic carbocycles. The van der Waals surface area contributed by atoms with E-state index in [0.29, 0.717) is 5.56 Å².